The van der Waals surface area contributed by atoms with E-state index in [-0.39, 0.29) is 130 Å². The number of benzene rings is 2. The predicted molar refractivity (Wildman–Crippen MR) is 463 cm³/mol. The molecule has 0 radical (unpaired) electrons. The molecular formula is C77H81BBr3ClF12N12O16S6. The predicted octanol–water partition coefficient (Wildman–Crippen LogP) is 14.0. The molecule has 8 fully saturated rings. The quantitative estimate of drug-likeness (QED) is 0.0672. The van der Waals surface area contributed by atoms with Gasteiger partial charge in [-0.25, -0.2) is 53.4 Å². The second-order valence-electron chi connectivity index (χ2n) is 31.7. The fourth-order valence-corrected chi connectivity index (χ4v) is 21.4. The SMILES string of the molecule is Brc1csc2c(OC3C4CNCC3COC4)ncnc12.CC(C)(C)OC(=O)N1CC2COCC(C1)C2Oc1ncnc2c(Br)csc12.Cc1ccc(-c2csc3c(OC4C5COCC4CN(CC(F)(F)C(F)(F)F)C5)ncnc23)c(F)c1.Cc1ccc(B(O)O)c(F)c1.Cl.FC(F)(F)C(F)(F)CN1CC2COCC(C1)C2Oc1ncnc2c(Br)csc12.O=S=O.O=S=O. The molecular weight excluding hydrogens is 2060 g/mol. The lowest BCUT2D eigenvalue weighted by atomic mass is 9.79. The molecule has 696 valence electrons. The first-order chi connectivity index (χ1) is 60.3. The Balaban J connectivity index is 0.000000157. The molecule has 51 heteroatoms. The zero-order valence-electron chi connectivity index (χ0n) is 67.9. The third-order valence-corrected chi connectivity index (χ3v) is 27.9. The zero-order chi connectivity index (χ0) is 91.6. The Hall–Kier alpha value is -6.70. The van der Waals surface area contributed by atoms with Gasteiger partial charge in [0.2, 0.25) is 23.5 Å². The van der Waals surface area contributed by atoms with Crippen molar-refractivity contribution in [2.75, 3.05) is 118 Å². The van der Waals surface area contributed by atoms with Crippen molar-refractivity contribution in [2.24, 2.45) is 47.3 Å². The summed E-state index contributed by atoms with van der Waals surface area (Å²) in [6, 6.07) is 9.16. The first-order valence-electron chi connectivity index (χ1n) is 38.8. The molecule has 0 spiro atoms. The van der Waals surface area contributed by atoms with Crippen LogP contribution in [0.2, 0.25) is 0 Å². The Labute approximate surface area is 777 Å². The summed E-state index contributed by atoms with van der Waals surface area (Å²) in [5, 5.41) is 28.3. The summed E-state index contributed by atoms with van der Waals surface area (Å²) >= 11 is 14.8. The van der Waals surface area contributed by atoms with Crippen LogP contribution in [0, 0.1) is 72.8 Å². The maximum absolute atomic E-state index is 14.6. The largest absolute Gasteiger partial charge is 0.491 e. The minimum atomic E-state index is -5.60. The Morgan fingerprint density at radius 3 is 1.12 bits per heavy atom. The van der Waals surface area contributed by atoms with Gasteiger partial charge in [0.15, 0.2) is 0 Å². The zero-order valence-corrected chi connectivity index (χ0v) is 78.3. The second kappa shape index (κ2) is 44.4. The van der Waals surface area contributed by atoms with Crippen molar-refractivity contribution in [1.29, 1.82) is 0 Å². The van der Waals surface area contributed by atoms with E-state index in [0.29, 0.717) is 82.6 Å². The maximum Gasteiger partial charge on any atom is 0.491 e. The molecule has 2 aromatic carbocycles. The summed E-state index contributed by atoms with van der Waals surface area (Å²) < 4.78 is 249. The summed E-state index contributed by atoms with van der Waals surface area (Å²) in [6.45, 7) is 12.9. The standard InChI is InChI=1S/C23H21F6N3O2S.C18H22BrN3O4S.C16H15BrF5N3O2S.C13H14BrN3O2S.C7H8BFO2.ClH.2O2S/c1-12-2-3-15(17(24)4-12)16-9-35-20-18(16)30-11-31-21(20)34-19-13-5-32(6-14(19)8-33-7-13)10-22(25,26)23(27,28)29;1-18(2,3)26-17(23)22-4-10-6-24-7-11(5-22)14(10)25-16-15-13(20-9-21-16)12(19)8-27-15;17-10-5-28-13-11(10)23-7-24-14(13)27-12-8-1-25(2-9(12)4-26-3-8)6-15(18,19)16(20,21)22;14-9-5-20-12-10(9)16-6-17-13(12)19-11-7-1-15-2-8(11)4-18-3-7;1-5-2-3-6(8(10)11)7(9)4-5;;2*1-3-2/h2-4,9,11,13-14,19H,5-8,10H2,1H3;8-11,14H,4-7H2,1-3H3;5,7-9,12H,1-4,6H2;5-8,11,15H,1-4H2;2-4,10-11H,1H3;1H;;. The van der Waals surface area contributed by atoms with E-state index in [0.717, 1.165) is 85.8 Å². The van der Waals surface area contributed by atoms with Gasteiger partial charge in [-0.1, -0.05) is 24.3 Å². The minimum absolute atomic E-state index is 0. The van der Waals surface area contributed by atoms with Crippen molar-refractivity contribution >= 4 is 188 Å². The fourth-order valence-electron chi connectivity index (χ4n) is 15.8. The van der Waals surface area contributed by atoms with Crippen LogP contribution in [0.1, 0.15) is 31.9 Å². The van der Waals surface area contributed by atoms with E-state index >= 15 is 0 Å². The fraction of sp³-hybridized carbons (Fsp3) is 0.519. The number of carbonyl (C=O) groups excluding carboxylic acids is 1. The van der Waals surface area contributed by atoms with E-state index in [1.807, 2.05) is 36.9 Å². The number of fused-ring (bicyclic) bond motifs is 12. The smallest absolute Gasteiger partial charge is 0.472 e. The first-order valence-corrected chi connectivity index (χ1v) is 46.1. The van der Waals surface area contributed by atoms with Crippen molar-refractivity contribution in [3.63, 3.8) is 0 Å². The van der Waals surface area contributed by atoms with Gasteiger partial charge in [0.1, 0.15) is 102 Å². The Morgan fingerprint density at radius 1 is 0.477 bits per heavy atom. The van der Waals surface area contributed by atoms with E-state index in [4.69, 9.17) is 69.5 Å². The van der Waals surface area contributed by atoms with Crippen molar-refractivity contribution in [3.05, 3.63) is 119 Å². The van der Waals surface area contributed by atoms with E-state index in [1.165, 1.54) is 59.9 Å². The highest BCUT2D eigenvalue weighted by Gasteiger charge is 2.61. The lowest BCUT2D eigenvalue weighted by molar-refractivity contribution is -0.289. The van der Waals surface area contributed by atoms with Gasteiger partial charge in [0.25, 0.3) is 0 Å². The maximum atomic E-state index is 14.6. The van der Waals surface area contributed by atoms with Crippen molar-refractivity contribution < 1.29 is 127 Å². The normalized spacial score (nSPS) is 23.3. The molecule has 28 nitrogen and oxygen atoms in total. The number of likely N-dealkylation sites (tertiary alicyclic amines) is 3. The van der Waals surface area contributed by atoms with E-state index in [1.54, 1.807) is 71.3 Å². The lowest BCUT2D eigenvalue weighted by Crippen LogP contribution is -2.60. The third-order valence-electron chi connectivity index (χ3n) is 21.4. The van der Waals surface area contributed by atoms with Crippen LogP contribution in [0.3, 0.4) is 0 Å². The average Bonchev–Trinajstić information content (AvgIpc) is 1.60. The molecule has 128 heavy (non-hydrogen) atoms. The van der Waals surface area contributed by atoms with Gasteiger partial charge in [0, 0.05) is 138 Å². The van der Waals surface area contributed by atoms with Crippen molar-refractivity contribution in [1.82, 2.24) is 59.9 Å². The van der Waals surface area contributed by atoms with Crippen LogP contribution in [0.25, 0.3) is 52.0 Å². The van der Waals surface area contributed by atoms with Crippen molar-refractivity contribution in [3.8, 4) is 34.6 Å². The molecule has 8 aliphatic heterocycles. The number of nitrogens with one attached hydrogen (secondary N) is 1. The number of halogens is 16. The van der Waals surface area contributed by atoms with Gasteiger partial charge in [-0.15, -0.1) is 57.8 Å². The van der Waals surface area contributed by atoms with Gasteiger partial charge in [-0.05, 0) is 106 Å². The highest BCUT2D eigenvalue weighted by atomic mass is 79.9. The molecule has 8 saturated heterocycles. The van der Waals surface area contributed by atoms with Crippen LogP contribution in [0.15, 0.2) is 96.6 Å². The molecule has 8 atom stereocenters. The summed E-state index contributed by atoms with van der Waals surface area (Å²) in [5.41, 5.74) is 4.96. The molecule has 16 heterocycles. The molecule has 8 aromatic heterocycles. The highest BCUT2D eigenvalue weighted by molar-refractivity contribution is 9.11. The van der Waals surface area contributed by atoms with E-state index < -0.39 is 96.9 Å². The minimum Gasteiger partial charge on any atom is -0.472 e. The van der Waals surface area contributed by atoms with Gasteiger partial charge in [-0.2, -0.15) is 60.7 Å². The summed E-state index contributed by atoms with van der Waals surface area (Å²) in [5.74, 6) is -9.06. The van der Waals surface area contributed by atoms with E-state index in [2.05, 4.69) is 93.0 Å². The van der Waals surface area contributed by atoms with Crippen molar-refractivity contribution in [2.45, 2.75) is 88.8 Å². The second-order valence-corrected chi connectivity index (χ2v) is 38.1. The first kappa shape index (κ1) is 102. The number of amides is 1. The monoisotopic (exact) mass is 2130 g/mol. The average molecular weight is 2140 g/mol. The van der Waals surface area contributed by atoms with E-state index in [9.17, 15) is 57.5 Å². The molecule has 1 amide bonds. The number of nitrogens with zero attached hydrogens (tertiary/aromatic N) is 11. The molecule has 0 saturated carbocycles. The molecule has 8 unspecified atom stereocenters. The Kier molecular flexibility index (Phi) is 35.4. The third kappa shape index (κ3) is 25.0. The Bertz CT molecular complexity index is 5450. The summed E-state index contributed by atoms with van der Waals surface area (Å²) in [6.07, 6.45) is -6.37. The lowest BCUT2D eigenvalue weighted by Gasteiger charge is -2.47. The summed E-state index contributed by atoms with van der Waals surface area (Å²) in [7, 11) is -1.73. The number of aryl methyl sites for hydroxylation is 2. The molecule has 8 bridgehead atoms. The van der Waals surface area contributed by atoms with Gasteiger partial charge >= 0.3 is 60.6 Å². The highest BCUT2D eigenvalue weighted by Crippen LogP contribution is 2.46. The molecule has 0 aliphatic carbocycles. The number of hydrogen-bond acceptors (Lipinski definition) is 31. The van der Waals surface area contributed by atoms with Crippen LogP contribution in [-0.2, 0) is 46.8 Å². The number of thiophene rings is 4. The number of alkyl halides is 10. The number of aromatic nitrogens is 8. The van der Waals surface area contributed by atoms with Crippen LogP contribution in [0.5, 0.6) is 23.5 Å². The van der Waals surface area contributed by atoms with Crippen LogP contribution in [-0.4, -0.2) is 267 Å². The summed E-state index contributed by atoms with van der Waals surface area (Å²) in [4.78, 5) is 50.8. The number of rotatable bonds is 14. The van der Waals surface area contributed by atoms with Crippen LogP contribution >= 0.6 is 106 Å². The number of hydrogen-bond donors (Lipinski definition) is 3. The molecule has 3 N–H and O–H groups in total. The van der Waals surface area contributed by atoms with Gasteiger partial charge in [0.05, 0.1) is 84.9 Å². The topological polar surface area (TPSA) is 334 Å². The molecule has 18 rings (SSSR count). The molecule has 10 aromatic rings. The van der Waals surface area contributed by atoms with Crippen LogP contribution in [0.4, 0.5) is 57.5 Å². The number of ether oxygens (including phenoxy) is 9. The number of carbonyl (C=O) groups is 1. The molecule has 8 aliphatic rings. The Morgan fingerprint density at radius 2 is 0.789 bits per heavy atom. The number of piperidine rings is 4. The van der Waals surface area contributed by atoms with Gasteiger partial charge in [-0.3, -0.25) is 9.80 Å². The van der Waals surface area contributed by atoms with Gasteiger partial charge < -0.3 is 62.9 Å². The van der Waals surface area contributed by atoms with Crippen LogP contribution < -0.4 is 29.7 Å².